The maximum atomic E-state index is 7.00. The summed E-state index contributed by atoms with van der Waals surface area (Å²) in [5.41, 5.74) is 13.3. The number of furan rings is 1. The normalized spacial score (nSPS) is 11.9. The molecule has 0 amide bonds. The van der Waals surface area contributed by atoms with Crippen LogP contribution in [-0.4, -0.2) is 24.1 Å². The Bertz CT molecular complexity index is 4210. The Morgan fingerprint density at radius 3 is 1.67 bits per heavy atom. The van der Waals surface area contributed by atoms with E-state index in [2.05, 4.69) is 167 Å². The molecule has 0 N–H and O–H groups in total. The highest BCUT2D eigenvalue weighted by Crippen LogP contribution is 2.48. The summed E-state index contributed by atoms with van der Waals surface area (Å²) in [6.07, 6.45) is 0. The number of nitrogens with zero attached hydrogens (tertiary/aromatic N) is 5. The molecule has 0 atom stereocenters. The Morgan fingerprint density at radius 2 is 0.910 bits per heavy atom. The van der Waals surface area contributed by atoms with Crippen molar-refractivity contribution in [1.82, 2.24) is 24.1 Å². The molecule has 0 spiro atoms. The van der Waals surface area contributed by atoms with Gasteiger partial charge >= 0.3 is 0 Å². The van der Waals surface area contributed by atoms with Crippen molar-refractivity contribution < 1.29 is 4.42 Å². The lowest BCUT2D eigenvalue weighted by atomic mass is 9.96. The third-order valence-corrected chi connectivity index (χ3v) is 13.3. The molecule has 0 radical (unpaired) electrons. The largest absolute Gasteiger partial charge is 0.455 e. The monoisotopic (exact) mass is 855 g/mol. The van der Waals surface area contributed by atoms with Crippen LogP contribution in [0.5, 0.6) is 0 Å². The van der Waals surface area contributed by atoms with E-state index in [1.807, 2.05) is 66.7 Å². The summed E-state index contributed by atoms with van der Waals surface area (Å²) in [7, 11) is 0. The van der Waals surface area contributed by atoms with Crippen LogP contribution in [0.2, 0.25) is 0 Å². The van der Waals surface area contributed by atoms with Crippen molar-refractivity contribution in [2.45, 2.75) is 0 Å². The van der Waals surface area contributed by atoms with Crippen molar-refractivity contribution in [2.75, 3.05) is 0 Å². The molecule has 0 aliphatic heterocycles. The van der Waals surface area contributed by atoms with Crippen molar-refractivity contribution >= 4 is 76.3 Å². The van der Waals surface area contributed by atoms with Crippen LogP contribution in [0.4, 0.5) is 0 Å². The van der Waals surface area contributed by atoms with Crippen LogP contribution in [-0.2, 0) is 0 Å². The maximum absolute atomic E-state index is 7.00. The van der Waals surface area contributed by atoms with Gasteiger partial charge in [0, 0.05) is 60.6 Å². The van der Waals surface area contributed by atoms with Gasteiger partial charge in [-0.1, -0.05) is 164 Å². The van der Waals surface area contributed by atoms with E-state index in [0.717, 1.165) is 88.5 Å². The predicted molar refractivity (Wildman–Crippen MR) is 275 cm³/mol. The molecule has 0 aliphatic carbocycles. The molecule has 0 unspecified atom stereocenters. The molecule has 0 fully saturated rings. The number of aromatic nitrogens is 5. The SMILES string of the molecule is c1ccc(-c2nc(-c3ccccc3)nc(-c3cccc(-c4cc5c6ccccc6oc5c5c6c7ccccc7ccc6n(-c6ccc7c(c6)c6ccccc6n7-c6ccccc6)c45)c3)n2)cc1. The van der Waals surface area contributed by atoms with E-state index in [0.29, 0.717) is 17.5 Å². The summed E-state index contributed by atoms with van der Waals surface area (Å²) in [6, 6.07) is 79.2. The molecular formula is C61H37N5O. The number of fused-ring (bicyclic) bond motifs is 12. The Balaban J connectivity index is 1.09. The third-order valence-electron chi connectivity index (χ3n) is 13.3. The standard InChI is InChI=1S/C61H37N5O/c1-4-18-39(19-5-1)59-62-60(40-20-6-2-7-21-40)64-61(63-59)42-23-16-22-41(35-42)48-37-50-47-28-13-15-30-54(47)67-58(50)56-55-45-26-11-10-17-38(45)31-33-53(55)66(57(48)56)44-32-34-52-49(36-44)46-27-12-14-29-51(46)65(52)43-24-8-3-9-25-43/h1-37H. The van der Waals surface area contributed by atoms with Crippen LogP contribution >= 0.6 is 0 Å². The minimum absolute atomic E-state index is 0.604. The van der Waals surface area contributed by atoms with E-state index in [1.54, 1.807) is 0 Å². The number of para-hydroxylation sites is 3. The van der Waals surface area contributed by atoms with Gasteiger partial charge < -0.3 is 13.6 Å². The average molecular weight is 856 g/mol. The first-order chi connectivity index (χ1) is 33.2. The van der Waals surface area contributed by atoms with E-state index < -0.39 is 0 Å². The van der Waals surface area contributed by atoms with Gasteiger partial charge in [0.25, 0.3) is 0 Å². The van der Waals surface area contributed by atoms with E-state index >= 15 is 0 Å². The molecule has 4 heterocycles. The molecule has 0 bridgehead atoms. The van der Waals surface area contributed by atoms with Crippen molar-refractivity contribution in [2.24, 2.45) is 0 Å². The van der Waals surface area contributed by atoms with Crippen LogP contribution in [0, 0.1) is 0 Å². The molecule has 312 valence electrons. The van der Waals surface area contributed by atoms with Crippen molar-refractivity contribution in [3.8, 4) is 56.7 Å². The second kappa shape index (κ2) is 14.7. The predicted octanol–water partition coefficient (Wildman–Crippen LogP) is 15.8. The summed E-state index contributed by atoms with van der Waals surface area (Å²) >= 11 is 0. The average Bonchev–Trinajstić information content (AvgIpc) is 4.07. The first kappa shape index (κ1) is 37.3. The van der Waals surface area contributed by atoms with Gasteiger partial charge in [-0.15, -0.1) is 0 Å². The third kappa shape index (κ3) is 5.80. The van der Waals surface area contributed by atoms with Gasteiger partial charge in [0.05, 0.1) is 27.5 Å². The first-order valence-electron chi connectivity index (χ1n) is 22.6. The van der Waals surface area contributed by atoms with Gasteiger partial charge in [-0.3, -0.25) is 0 Å². The quantitative estimate of drug-likeness (QED) is 0.167. The zero-order valence-corrected chi connectivity index (χ0v) is 36.0. The van der Waals surface area contributed by atoms with E-state index in [4.69, 9.17) is 19.4 Å². The Hall–Kier alpha value is -9.13. The molecule has 0 aliphatic rings. The van der Waals surface area contributed by atoms with E-state index in [1.165, 1.54) is 27.1 Å². The molecule has 6 heteroatoms. The highest BCUT2D eigenvalue weighted by atomic mass is 16.3. The van der Waals surface area contributed by atoms with Crippen LogP contribution in [0.1, 0.15) is 0 Å². The summed E-state index contributed by atoms with van der Waals surface area (Å²) in [5.74, 6) is 1.85. The first-order valence-corrected chi connectivity index (χ1v) is 22.6. The summed E-state index contributed by atoms with van der Waals surface area (Å²) in [4.78, 5) is 15.3. The zero-order chi connectivity index (χ0) is 44.0. The summed E-state index contributed by atoms with van der Waals surface area (Å²) in [6.45, 7) is 0. The smallest absolute Gasteiger partial charge is 0.164 e. The lowest BCUT2D eigenvalue weighted by Crippen LogP contribution is -2.00. The maximum Gasteiger partial charge on any atom is 0.164 e. The molecule has 0 saturated carbocycles. The Kier molecular flexibility index (Phi) is 8.18. The zero-order valence-electron chi connectivity index (χ0n) is 36.0. The topological polar surface area (TPSA) is 61.7 Å². The molecular weight excluding hydrogens is 819 g/mol. The van der Waals surface area contributed by atoms with Crippen LogP contribution in [0.3, 0.4) is 0 Å². The summed E-state index contributed by atoms with van der Waals surface area (Å²) < 4.78 is 11.8. The fourth-order valence-electron chi connectivity index (χ4n) is 10.4. The van der Waals surface area contributed by atoms with E-state index in [9.17, 15) is 0 Å². The van der Waals surface area contributed by atoms with Crippen LogP contribution < -0.4 is 0 Å². The second-order valence-corrected chi connectivity index (χ2v) is 17.1. The van der Waals surface area contributed by atoms with Gasteiger partial charge in [-0.05, 0) is 77.0 Å². The van der Waals surface area contributed by atoms with Crippen molar-refractivity contribution in [3.05, 3.63) is 224 Å². The Morgan fingerprint density at radius 1 is 0.328 bits per heavy atom. The van der Waals surface area contributed by atoms with E-state index in [-0.39, 0.29) is 0 Å². The highest BCUT2D eigenvalue weighted by molar-refractivity contribution is 6.32. The van der Waals surface area contributed by atoms with Gasteiger partial charge in [0.1, 0.15) is 11.2 Å². The highest BCUT2D eigenvalue weighted by Gasteiger charge is 2.25. The fourth-order valence-corrected chi connectivity index (χ4v) is 10.4. The van der Waals surface area contributed by atoms with Crippen molar-refractivity contribution in [1.29, 1.82) is 0 Å². The number of benzene rings is 10. The molecule has 14 aromatic rings. The minimum atomic E-state index is 0.604. The molecule has 14 rings (SSSR count). The van der Waals surface area contributed by atoms with Crippen LogP contribution in [0.15, 0.2) is 229 Å². The molecule has 0 saturated heterocycles. The second-order valence-electron chi connectivity index (χ2n) is 17.1. The lowest BCUT2D eigenvalue weighted by Gasteiger charge is -2.14. The van der Waals surface area contributed by atoms with Crippen molar-refractivity contribution in [3.63, 3.8) is 0 Å². The van der Waals surface area contributed by atoms with Gasteiger partial charge in [0.2, 0.25) is 0 Å². The van der Waals surface area contributed by atoms with Gasteiger partial charge in [-0.25, -0.2) is 15.0 Å². The summed E-state index contributed by atoms with van der Waals surface area (Å²) in [5, 5.41) is 9.09. The number of hydrogen-bond acceptors (Lipinski definition) is 4. The molecule has 10 aromatic carbocycles. The molecule has 6 nitrogen and oxygen atoms in total. The van der Waals surface area contributed by atoms with Gasteiger partial charge in [0.15, 0.2) is 17.5 Å². The lowest BCUT2D eigenvalue weighted by molar-refractivity contribution is 0.673. The minimum Gasteiger partial charge on any atom is -0.455 e. The fraction of sp³-hybridized carbons (Fsp3) is 0. The van der Waals surface area contributed by atoms with Gasteiger partial charge in [-0.2, -0.15) is 0 Å². The molecule has 4 aromatic heterocycles. The van der Waals surface area contributed by atoms with Crippen LogP contribution in [0.25, 0.3) is 133 Å². The number of hydrogen-bond donors (Lipinski definition) is 0. The Labute approximate surface area is 384 Å². The molecule has 67 heavy (non-hydrogen) atoms. The number of rotatable bonds is 6.